The molecule has 1 aliphatic rings. The number of rotatable bonds is 2. The minimum atomic E-state index is -0.0769. The van der Waals surface area contributed by atoms with Crippen LogP contribution in [0.15, 0.2) is 22.7 Å². The van der Waals surface area contributed by atoms with Crippen molar-refractivity contribution in [1.82, 2.24) is 5.32 Å². The van der Waals surface area contributed by atoms with Crippen molar-refractivity contribution in [2.24, 2.45) is 5.92 Å². The molecule has 98 valence electrons. The standard InChI is InChI=1S/C14H19BrN2O/c1-9-5-6-12(11(15)8-9)17-14(18)13-10(2)4-3-7-16-13/h5-6,8,10,13,16H,3-4,7H2,1-2H3,(H,17,18). The van der Waals surface area contributed by atoms with E-state index < -0.39 is 0 Å². The van der Waals surface area contributed by atoms with Gasteiger partial charge in [0, 0.05) is 4.47 Å². The number of anilines is 1. The number of carbonyl (C=O) groups excluding carboxylic acids is 1. The highest BCUT2D eigenvalue weighted by Crippen LogP contribution is 2.24. The monoisotopic (exact) mass is 310 g/mol. The van der Waals surface area contributed by atoms with Crippen LogP contribution >= 0.6 is 15.9 Å². The molecule has 2 unspecified atom stereocenters. The van der Waals surface area contributed by atoms with Gasteiger partial charge in [0.15, 0.2) is 0 Å². The first-order chi connectivity index (χ1) is 8.58. The molecule has 2 atom stereocenters. The van der Waals surface area contributed by atoms with Crippen molar-refractivity contribution in [2.45, 2.75) is 32.7 Å². The van der Waals surface area contributed by atoms with Crippen LogP contribution in [0.1, 0.15) is 25.3 Å². The SMILES string of the molecule is Cc1ccc(NC(=O)C2NCCCC2C)c(Br)c1. The molecule has 0 aromatic heterocycles. The number of benzene rings is 1. The van der Waals surface area contributed by atoms with Gasteiger partial charge in [-0.05, 0) is 65.9 Å². The Kier molecular flexibility index (Phi) is 4.40. The molecule has 0 aliphatic carbocycles. The van der Waals surface area contributed by atoms with Gasteiger partial charge in [-0.25, -0.2) is 0 Å². The number of hydrogen-bond donors (Lipinski definition) is 2. The van der Waals surface area contributed by atoms with Crippen molar-refractivity contribution in [1.29, 1.82) is 0 Å². The summed E-state index contributed by atoms with van der Waals surface area (Å²) in [6, 6.07) is 5.86. The zero-order chi connectivity index (χ0) is 13.1. The number of amides is 1. The highest BCUT2D eigenvalue weighted by molar-refractivity contribution is 9.10. The first-order valence-corrected chi connectivity index (χ1v) is 7.17. The van der Waals surface area contributed by atoms with Crippen LogP contribution in [-0.4, -0.2) is 18.5 Å². The third kappa shape index (κ3) is 3.12. The van der Waals surface area contributed by atoms with Crippen LogP contribution in [0.25, 0.3) is 0 Å². The summed E-state index contributed by atoms with van der Waals surface area (Å²) in [6.45, 7) is 5.08. The minimum absolute atomic E-state index is 0.0618. The third-order valence-corrected chi connectivity index (χ3v) is 4.09. The van der Waals surface area contributed by atoms with Crippen molar-refractivity contribution in [2.75, 3.05) is 11.9 Å². The van der Waals surface area contributed by atoms with Gasteiger partial charge in [-0.1, -0.05) is 13.0 Å². The number of aryl methyl sites for hydroxylation is 1. The molecular formula is C14H19BrN2O. The summed E-state index contributed by atoms with van der Waals surface area (Å²) in [5.41, 5.74) is 2.01. The predicted molar refractivity (Wildman–Crippen MR) is 77.7 cm³/mol. The van der Waals surface area contributed by atoms with Crippen LogP contribution in [0.5, 0.6) is 0 Å². The molecule has 0 radical (unpaired) electrons. The van der Waals surface area contributed by atoms with Gasteiger partial charge in [0.1, 0.15) is 0 Å². The molecule has 2 N–H and O–H groups in total. The molecule has 1 aliphatic heterocycles. The minimum Gasteiger partial charge on any atom is -0.324 e. The molecule has 4 heteroatoms. The van der Waals surface area contributed by atoms with Gasteiger partial charge in [0.2, 0.25) is 5.91 Å². The molecule has 1 fully saturated rings. The summed E-state index contributed by atoms with van der Waals surface area (Å²) in [6.07, 6.45) is 2.26. The van der Waals surface area contributed by atoms with E-state index in [2.05, 4.69) is 33.5 Å². The average molecular weight is 311 g/mol. The normalized spacial score (nSPS) is 23.7. The van der Waals surface area contributed by atoms with E-state index in [1.54, 1.807) is 0 Å². The maximum absolute atomic E-state index is 12.2. The Morgan fingerprint density at radius 3 is 2.94 bits per heavy atom. The van der Waals surface area contributed by atoms with Crippen LogP contribution in [-0.2, 0) is 4.79 Å². The molecule has 1 aromatic carbocycles. The van der Waals surface area contributed by atoms with Gasteiger partial charge >= 0.3 is 0 Å². The first-order valence-electron chi connectivity index (χ1n) is 6.38. The lowest BCUT2D eigenvalue weighted by Crippen LogP contribution is -2.48. The van der Waals surface area contributed by atoms with Crippen molar-refractivity contribution in [3.63, 3.8) is 0 Å². The largest absolute Gasteiger partial charge is 0.324 e. The van der Waals surface area contributed by atoms with E-state index in [1.165, 1.54) is 5.56 Å². The quantitative estimate of drug-likeness (QED) is 0.881. The number of carbonyl (C=O) groups is 1. The number of nitrogens with one attached hydrogen (secondary N) is 2. The van der Waals surface area contributed by atoms with Gasteiger partial charge in [0.25, 0.3) is 0 Å². The molecule has 18 heavy (non-hydrogen) atoms. The summed E-state index contributed by atoms with van der Waals surface area (Å²) in [4.78, 5) is 12.2. The summed E-state index contributed by atoms with van der Waals surface area (Å²) in [7, 11) is 0. The van der Waals surface area contributed by atoms with E-state index >= 15 is 0 Å². The molecule has 3 nitrogen and oxygen atoms in total. The van der Waals surface area contributed by atoms with Gasteiger partial charge in [-0.3, -0.25) is 4.79 Å². The Balaban J connectivity index is 2.06. The maximum Gasteiger partial charge on any atom is 0.241 e. The fraction of sp³-hybridized carbons (Fsp3) is 0.500. The molecule has 1 aromatic rings. The van der Waals surface area contributed by atoms with Gasteiger partial charge in [-0.15, -0.1) is 0 Å². The molecule has 2 rings (SSSR count). The Hall–Kier alpha value is -0.870. The maximum atomic E-state index is 12.2. The first kappa shape index (κ1) is 13.6. The lowest BCUT2D eigenvalue weighted by atomic mass is 9.92. The van der Waals surface area contributed by atoms with E-state index in [-0.39, 0.29) is 11.9 Å². The molecule has 1 heterocycles. The van der Waals surface area contributed by atoms with Crippen LogP contribution < -0.4 is 10.6 Å². The third-order valence-electron chi connectivity index (χ3n) is 3.43. The van der Waals surface area contributed by atoms with E-state index in [9.17, 15) is 4.79 Å². The smallest absolute Gasteiger partial charge is 0.241 e. The molecular weight excluding hydrogens is 292 g/mol. The lowest BCUT2D eigenvalue weighted by Gasteiger charge is -2.29. The van der Waals surface area contributed by atoms with E-state index in [4.69, 9.17) is 0 Å². The fourth-order valence-corrected chi connectivity index (χ4v) is 2.92. The van der Waals surface area contributed by atoms with E-state index in [0.29, 0.717) is 5.92 Å². The average Bonchev–Trinajstić information content (AvgIpc) is 2.33. The summed E-state index contributed by atoms with van der Waals surface area (Å²) in [5, 5.41) is 6.28. The highest BCUT2D eigenvalue weighted by Gasteiger charge is 2.27. The van der Waals surface area contributed by atoms with Crippen molar-refractivity contribution < 1.29 is 4.79 Å². The second-order valence-electron chi connectivity index (χ2n) is 5.02. The Bertz CT molecular complexity index is 447. The van der Waals surface area contributed by atoms with E-state index in [0.717, 1.165) is 29.5 Å². The molecule has 0 spiro atoms. The highest BCUT2D eigenvalue weighted by atomic mass is 79.9. The van der Waals surface area contributed by atoms with Gasteiger partial charge < -0.3 is 10.6 Å². The van der Waals surface area contributed by atoms with Crippen LogP contribution in [0.4, 0.5) is 5.69 Å². The summed E-state index contributed by atoms with van der Waals surface area (Å²) in [5.74, 6) is 0.453. The Labute approximate surface area is 116 Å². The van der Waals surface area contributed by atoms with Crippen molar-refractivity contribution >= 4 is 27.5 Å². The Morgan fingerprint density at radius 1 is 1.50 bits per heavy atom. The lowest BCUT2D eigenvalue weighted by molar-refractivity contribution is -0.119. The zero-order valence-electron chi connectivity index (χ0n) is 10.8. The number of halogens is 1. The molecule has 1 saturated heterocycles. The second kappa shape index (κ2) is 5.85. The summed E-state index contributed by atoms with van der Waals surface area (Å²) < 4.78 is 0.930. The number of hydrogen-bond acceptors (Lipinski definition) is 2. The zero-order valence-corrected chi connectivity index (χ0v) is 12.4. The molecule has 0 saturated carbocycles. The topological polar surface area (TPSA) is 41.1 Å². The van der Waals surface area contributed by atoms with Crippen LogP contribution in [0.2, 0.25) is 0 Å². The molecule has 1 amide bonds. The molecule has 0 bridgehead atoms. The Morgan fingerprint density at radius 2 is 2.28 bits per heavy atom. The van der Waals surface area contributed by atoms with Gasteiger partial charge in [-0.2, -0.15) is 0 Å². The second-order valence-corrected chi connectivity index (χ2v) is 5.88. The van der Waals surface area contributed by atoms with Crippen LogP contribution in [0, 0.1) is 12.8 Å². The number of piperidine rings is 1. The fourth-order valence-electron chi connectivity index (χ4n) is 2.33. The van der Waals surface area contributed by atoms with Crippen molar-refractivity contribution in [3.8, 4) is 0 Å². The van der Waals surface area contributed by atoms with Crippen LogP contribution in [0.3, 0.4) is 0 Å². The predicted octanol–water partition coefficient (Wildman–Crippen LogP) is 3.08. The van der Waals surface area contributed by atoms with Crippen molar-refractivity contribution in [3.05, 3.63) is 28.2 Å². The van der Waals surface area contributed by atoms with E-state index in [1.807, 2.05) is 25.1 Å². The van der Waals surface area contributed by atoms with Gasteiger partial charge in [0.05, 0.1) is 11.7 Å². The summed E-state index contributed by atoms with van der Waals surface area (Å²) >= 11 is 3.48.